The van der Waals surface area contributed by atoms with Crippen LogP contribution in [0.1, 0.15) is 33.6 Å². The number of nitrogens with two attached hydrogens (primary N) is 2. The largest absolute Gasteiger partial charge is 0.481 e. The van der Waals surface area contributed by atoms with Crippen molar-refractivity contribution in [1.29, 1.82) is 0 Å². The minimum Gasteiger partial charge on any atom is -0.481 e. The number of nitrogens with zero attached hydrogens (tertiary/aromatic N) is 1. The summed E-state index contributed by atoms with van der Waals surface area (Å²) in [5, 5.41) is 69.4. The molecule has 0 amide bonds. The van der Waals surface area contributed by atoms with Crippen LogP contribution in [0.5, 0.6) is 0 Å². The van der Waals surface area contributed by atoms with Crippen molar-refractivity contribution < 1.29 is 50.7 Å². The first kappa shape index (κ1) is 87.6. The maximum Gasteiger partial charge on any atom is 0.313 e. The fourth-order valence-corrected chi connectivity index (χ4v) is 18.0. The zero-order chi connectivity index (χ0) is 65.6. The molecule has 0 aliphatic heterocycles. The number of aliphatic hydroxyl groups is 6. The van der Waals surface area contributed by atoms with E-state index in [4.69, 9.17) is 52.5 Å². The first-order valence-corrected chi connectivity index (χ1v) is 44.3. The van der Waals surface area contributed by atoms with E-state index in [0.717, 1.165) is 151 Å². The minimum absolute atomic E-state index is 0.187. The Bertz CT molecular complexity index is 2340. The van der Waals surface area contributed by atoms with Crippen LogP contribution in [0, 0.1) is 0 Å². The van der Waals surface area contributed by atoms with Gasteiger partial charge in [-0.15, -0.1) is 58.8 Å². The van der Waals surface area contributed by atoms with E-state index in [9.17, 15) is 4.79 Å². The molecular weight excluding hydrogens is 1410 g/mol. The fourth-order valence-electron chi connectivity index (χ4n) is 6.54. The summed E-state index contributed by atoms with van der Waals surface area (Å²) >= 11 is 24.4. The third-order valence-corrected chi connectivity index (χ3v) is 25.3. The molecule has 4 aromatic carbocycles. The van der Waals surface area contributed by atoms with E-state index in [2.05, 4.69) is 95.3 Å². The molecule has 0 unspecified atom stereocenters. The van der Waals surface area contributed by atoms with Gasteiger partial charge in [-0.25, -0.2) is 5.26 Å². The Hall–Kier alpha value is -0.420. The number of aliphatic hydroxyl groups excluding tert-OH is 6. The van der Waals surface area contributed by atoms with E-state index in [1.54, 1.807) is 70.6 Å². The van der Waals surface area contributed by atoms with Crippen LogP contribution in [0.4, 0.5) is 0 Å². The molecule has 0 spiro atoms. The van der Waals surface area contributed by atoms with Gasteiger partial charge in [-0.05, 0) is 83.4 Å². The van der Waals surface area contributed by atoms with Gasteiger partial charge in [0, 0.05) is 159 Å². The SMILES string of the molecule is C=C(OO)SCCSCc1ccc(CSCCSCC(=O)O)cc1.NCCSc1ccc(SCCN)cc1.OCCSCCSCc1ccccc1CSCCSCCO.OCCSCc1cccc(CSCCO)n1.OCCSc1cccc(SCCO)c1. The van der Waals surface area contributed by atoms with Crippen molar-refractivity contribution in [1.82, 2.24) is 4.98 Å². The summed E-state index contributed by atoms with van der Waals surface area (Å²) in [6.45, 7) is 6.42. The lowest BCUT2D eigenvalue weighted by atomic mass is 10.1. The van der Waals surface area contributed by atoms with Gasteiger partial charge < -0.3 is 52.1 Å². The molecule has 0 aliphatic rings. The highest BCUT2D eigenvalue weighted by molar-refractivity contribution is 8.05. The lowest BCUT2D eigenvalue weighted by Gasteiger charge is -2.09. The monoisotopic (exact) mass is 1500 g/mol. The third-order valence-electron chi connectivity index (χ3n) is 10.6. The molecular formula is C63H95N3O10S14. The van der Waals surface area contributed by atoms with E-state index in [0.29, 0.717) is 5.09 Å². The van der Waals surface area contributed by atoms with Gasteiger partial charge in [-0.3, -0.25) is 9.78 Å². The summed E-state index contributed by atoms with van der Waals surface area (Å²) in [7, 11) is 0. The lowest BCUT2D eigenvalue weighted by Crippen LogP contribution is -2.01. The second-order valence-electron chi connectivity index (χ2n) is 17.8. The molecule has 0 saturated carbocycles. The molecule has 90 heavy (non-hydrogen) atoms. The number of aliphatic carboxylic acids is 1. The standard InChI is InChI=1S/C16H22O4S4.C16H26O2S4.C11H17NO2S2.C10H16N2S2.C10H14O2S2/c1-13(20-19)24-9-8-22-11-15-4-2-14(3-5-15)10-21-6-7-23-12-16(17)18;17-5-7-19-9-11-21-13-15-3-1-2-4-16(15)14-22-12-10-20-8-6-18;13-4-6-15-8-10-2-1-3-11(12-10)9-16-7-5-14;11-5-7-13-9-1-2-10(4-3-9)14-8-6-12;11-4-6-13-9-2-1-3-10(8-9)14-7-5-12/h2-5,19H,1,6-12H2,(H,17,18);1-4,17-18H,5-14H2;1-3,13-14H,4-9H2;1-4H,5-8,11-12H2;1-3,8,11-12H,4-7H2. The maximum atomic E-state index is 10.4. The molecule has 506 valence electrons. The van der Waals surface area contributed by atoms with Gasteiger partial charge in [0.05, 0.1) is 56.8 Å². The number of pyridine rings is 1. The Morgan fingerprint density at radius 2 is 0.767 bits per heavy atom. The molecule has 0 bridgehead atoms. The highest BCUT2D eigenvalue weighted by Crippen LogP contribution is 2.27. The van der Waals surface area contributed by atoms with Gasteiger partial charge in [0.2, 0.25) is 0 Å². The number of rotatable bonds is 48. The van der Waals surface area contributed by atoms with Crippen LogP contribution in [0.15, 0.2) is 147 Å². The average molecular weight is 1500 g/mol. The molecule has 0 aliphatic carbocycles. The molecule has 27 heteroatoms. The Morgan fingerprint density at radius 1 is 0.400 bits per heavy atom. The number of carboxylic acids is 1. The summed E-state index contributed by atoms with van der Waals surface area (Å²) in [4.78, 5) is 23.8. The molecule has 5 rings (SSSR count). The lowest BCUT2D eigenvalue weighted by molar-refractivity contribution is -0.191. The summed E-state index contributed by atoms with van der Waals surface area (Å²) in [5.41, 5.74) is 18.5. The highest BCUT2D eigenvalue weighted by Gasteiger charge is 2.06. The number of hydrogen-bond acceptors (Lipinski definition) is 26. The summed E-state index contributed by atoms with van der Waals surface area (Å²) in [6, 6.07) is 40.1. The molecule has 0 fully saturated rings. The number of thioether (sulfide) groups is 14. The van der Waals surface area contributed by atoms with Crippen LogP contribution in [0.2, 0.25) is 0 Å². The van der Waals surface area contributed by atoms with Crippen molar-refractivity contribution >= 4 is 171 Å². The zero-order valence-electron chi connectivity index (χ0n) is 51.3. The molecule has 5 aromatic rings. The van der Waals surface area contributed by atoms with Crippen molar-refractivity contribution in [3.8, 4) is 0 Å². The molecule has 1 aromatic heterocycles. The third kappa shape index (κ3) is 52.7. The van der Waals surface area contributed by atoms with Gasteiger partial charge >= 0.3 is 5.97 Å². The van der Waals surface area contributed by atoms with Crippen LogP contribution < -0.4 is 11.5 Å². The van der Waals surface area contributed by atoms with Gasteiger partial charge in [-0.1, -0.05) is 72.4 Å². The van der Waals surface area contributed by atoms with E-state index in [-0.39, 0.29) is 45.4 Å². The van der Waals surface area contributed by atoms with Crippen LogP contribution in [-0.2, 0) is 44.2 Å². The molecule has 13 nitrogen and oxygen atoms in total. The molecule has 0 saturated heterocycles. The summed E-state index contributed by atoms with van der Waals surface area (Å²) < 4.78 is 0. The Balaban J connectivity index is 0.000000572. The van der Waals surface area contributed by atoms with Gasteiger partial charge in [0.25, 0.3) is 0 Å². The Labute approximate surface area is 597 Å². The number of aromatic nitrogens is 1. The van der Waals surface area contributed by atoms with Crippen LogP contribution >= 0.6 is 165 Å². The van der Waals surface area contributed by atoms with Gasteiger partial charge in [0.15, 0.2) is 5.09 Å². The smallest absolute Gasteiger partial charge is 0.313 e. The van der Waals surface area contributed by atoms with E-state index in [1.807, 2.05) is 107 Å². The van der Waals surface area contributed by atoms with E-state index < -0.39 is 5.97 Å². The molecule has 1 heterocycles. The topological polar surface area (TPSA) is 253 Å². The number of carbonyl (C=O) groups is 1. The van der Waals surface area contributed by atoms with Gasteiger partial charge in [0.1, 0.15) is 0 Å². The van der Waals surface area contributed by atoms with Crippen molar-refractivity contribution in [2.75, 3.05) is 151 Å². The quantitative estimate of drug-likeness (QED) is 0.00571. The number of carboxylic acid groups (broad SMARTS) is 1. The molecule has 0 atom stereocenters. The second-order valence-corrected chi connectivity index (χ2v) is 33.8. The summed E-state index contributed by atoms with van der Waals surface area (Å²) in [6.07, 6.45) is 0. The van der Waals surface area contributed by atoms with Crippen molar-refractivity contribution in [3.05, 3.63) is 161 Å². The van der Waals surface area contributed by atoms with Gasteiger partial charge in [-0.2, -0.15) is 94.1 Å². The second kappa shape index (κ2) is 65.8. The predicted octanol–water partition coefficient (Wildman–Crippen LogP) is 13.4. The number of benzene rings is 4. The fraction of sp³-hybridized carbons (Fsp3) is 0.492. The Morgan fingerprint density at radius 3 is 1.18 bits per heavy atom. The minimum atomic E-state index is -0.747. The van der Waals surface area contributed by atoms with E-state index in [1.165, 1.54) is 65.4 Å². The highest BCUT2D eigenvalue weighted by atomic mass is 32.2. The van der Waals surface area contributed by atoms with Crippen LogP contribution in [0.25, 0.3) is 0 Å². The Kier molecular flexibility index (Phi) is 64.1. The summed E-state index contributed by atoms with van der Waals surface area (Å²) in [5.74, 6) is 20.0. The number of hydrogen-bond donors (Lipinski definition) is 10. The first-order chi connectivity index (χ1) is 44.1. The zero-order valence-corrected chi connectivity index (χ0v) is 62.7. The van der Waals surface area contributed by atoms with E-state index >= 15 is 0 Å². The molecule has 0 radical (unpaired) electrons. The molecule has 12 N–H and O–H groups in total. The predicted molar refractivity (Wildman–Crippen MR) is 415 cm³/mol. The van der Waals surface area contributed by atoms with Crippen molar-refractivity contribution in [3.63, 3.8) is 0 Å². The van der Waals surface area contributed by atoms with Crippen LogP contribution in [0.3, 0.4) is 0 Å². The van der Waals surface area contributed by atoms with Crippen molar-refractivity contribution in [2.45, 2.75) is 54.1 Å². The average Bonchev–Trinajstić information content (AvgIpc) is 3.78. The normalized spacial score (nSPS) is 10.6. The van der Waals surface area contributed by atoms with Crippen molar-refractivity contribution in [2.24, 2.45) is 11.5 Å². The van der Waals surface area contributed by atoms with Crippen LogP contribution in [-0.4, -0.2) is 202 Å². The first-order valence-electron chi connectivity index (χ1n) is 29.0. The maximum absolute atomic E-state index is 10.4.